The lowest BCUT2D eigenvalue weighted by atomic mass is 9.87. The van der Waals surface area contributed by atoms with Gasteiger partial charge in [-0.3, -0.25) is 4.79 Å². The van der Waals surface area contributed by atoms with E-state index in [9.17, 15) is 4.79 Å². The molecule has 2 heterocycles. The molecule has 162 valence electrons. The minimum Gasteiger partial charge on any atom is -0.454 e. The van der Waals surface area contributed by atoms with Crippen LogP contribution in [-0.4, -0.2) is 22.3 Å². The Kier molecular flexibility index (Phi) is 4.85. The number of hydrogen-bond acceptors (Lipinski definition) is 4. The number of imidazole rings is 1. The number of nitrogens with zero attached hydrogens (tertiary/aromatic N) is 2. The second-order valence-corrected chi connectivity index (χ2v) is 8.95. The van der Waals surface area contributed by atoms with Crippen LogP contribution in [-0.2, 0) is 16.8 Å². The summed E-state index contributed by atoms with van der Waals surface area (Å²) < 4.78 is 12.7. The van der Waals surface area contributed by atoms with Crippen molar-refractivity contribution in [2.45, 2.75) is 32.7 Å². The van der Waals surface area contributed by atoms with Crippen molar-refractivity contribution in [3.05, 3.63) is 72.3 Å². The second-order valence-electron chi connectivity index (χ2n) is 8.95. The van der Waals surface area contributed by atoms with Crippen LogP contribution in [0.15, 0.2) is 66.7 Å². The monoisotopic (exact) mass is 427 g/mol. The van der Waals surface area contributed by atoms with Crippen LogP contribution in [0.1, 0.15) is 26.3 Å². The Morgan fingerprint density at radius 1 is 1.00 bits per heavy atom. The zero-order valence-corrected chi connectivity index (χ0v) is 18.4. The van der Waals surface area contributed by atoms with E-state index in [-0.39, 0.29) is 24.7 Å². The van der Waals surface area contributed by atoms with E-state index in [2.05, 4.69) is 50.4 Å². The van der Waals surface area contributed by atoms with Gasteiger partial charge in [0.2, 0.25) is 12.7 Å². The fraction of sp³-hybridized carbons (Fsp3) is 0.231. The van der Waals surface area contributed by atoms with Crippen molar-refractivity contribution < 1.29 is 14.3 Å². The number of nitrogens with one attached hydrogen (secondary N) is 1. The summed E-state index contributed by atoms with van der Waals surface area (Å²) in [5, 5.41) is 2.96. The molecular formula is C26H25N3O3. The average Bonchev–Trinajstić information content (AvgIpc) is 3.38. The molecule has 6 heteroatoms. The van der Waals surface area contributed by atoms with Gasteiger partial charge in [-0.15, -0.1) is 0 Å². The number of para-hydroxylation sites is 2. The molecule has 6 nitrogen and oxygen atoms in total. The first-order chi connectivity index (χ1) is 15.4. The Bertz CT molecular complexity index is 1300. The van der Waals surface area contributed by atoms with Crippen LogP contribution in [0.4, 0.5) is 5.69 Å². The summed E-state index contributed by atoms with van der Waals surface area (Å²) in [4.78, 5) is 17.8. The van der Waals surface area contributed by atoms with E-state index in [4.69, 9.17) is 14.5 Å². The van der Waals surface area contributed by atoms with Gasteiger partial charge in [0.25, 0.3) is 0 Å². The number of ether oxygens (including phenoxy) is 2. The molecule has 0 aliphatic carbocycles. The quantitative estimate of drug-likeness (QED) is 0.476. The first-order valence-electron chi connectivity index (χ1n) is 10.6. The molecule has 32 heavy (non-hydrogen) atoms. The minimum atomic E-state index is -0.139. The van der Waals surface area contributed by atoms with Gasteiger partial charge in [0.05, 0.1) is 11.0 Å². The van der Waals surface area contributed by atoms with Gasteiger partial charge in [-0.1, -0.05) is 57.2 Å². The first-order valence-corrected chi connectivity index (χ1v) is 10.6. The van der Waals surface area contributed by atoms with Gasteiger partial charge >= 0.3 is 0 Å². The number of carbonyl (C=O) groups excluding carboxylic acids is 1. The van der Waals surface area contributed by atoms with Gasteiger partial charge in [-0.25, -0.2) is 4.98 Å². The predicted octanol–water partition coefficient (Wildman–Crippen LogP) is 5.37. The standard InChI is InChI=1S/C26H25N3O3/c1-26(2,3)18-10-8-17(9-11-18)25-28-20-6-4-5-7-21(20)29(25)15-24(30)27-19-12-13-22-23(14-19)32-16-31-22/h4-14H,15-16H2,1-3H3,(H,27,30). The van der Waals surface area contributed by atoms with E-state index in [1.54, 1.807) is 12.1 Å². The van der Waals surface area contributed by atoms with Crippen molar-refractivity contribution in [3.63, 3.8) is 0 Å². The van der Waals surface area contributed by atoms with Gasteiger partial charge in [0.1, 0.15) is 12.4 Å². The van der Waals surface area contributed by atoms with E-state index in [1.165, 1.54) is 5.56 Å². The van der Waals surface area contributed by atoms with Crippen LogP contribution < -0.4 is 14.8 Å². The Balaban J connectivity index is 1.46. The Hall–Kier alpha value is -3.80. The van der Waals surface area contributed by atoms with Crippen molar-refractivity contribution >= 4 is 22.6 Å². The highest BCUT2D eigenvalue weighted by molar-refractivity contribution is 5.93. The van der Waals surface area contributed by atoms with Crippen LogP contribution in [0.5, 0.6) is 11.5 Å². The smallest absolute Gasteiger partial charge is 0.244 e. The summed E-state index contributed by atoms with van der Waals surface area (Å²) in [7, 11) is 0. The number of carbonyl (C=O) groups is 1. The molecule has 0 fully saturated rings. The van der Waals surface area contributed by atoms with Gasteiger partial charge in [0, 0.05) is 17.3 Å². The fourth-order valence-electron chi connectivity index (χ4n) is 3.89. The summed E-state index contributed by atoms with van der Waals surface area (Å²) >= 11 is 0. The SMILES string of the molecule is CC(C)(C)c1ccc(-c2nc3ccccc3n2CC(=O)Nc2ccc3c(c2)OCO3)cc1. The van der Waals surface area contributed by atoms with Crippen LogP contribution in [0, 0.1) is 0 Å². The minimum absolute atomic E-state index is 0.0726. The van der Waals surface area contributed by atoms with Crippen LogP contribution >= 0.6 is 0 Å². The summed E-state index contributed by atoms with van der Waals surface area (Å²) in [5.41, 5.74) is 4.75. The molecule has 4 aromatic rings. The van der Waals surface area contributed by atoms with Crippen molar-refractivity contribution in [2.24, 2.45) is 0 Å². The van der Waals surface area contributed by atoms with E-state index < -0.39 is 0 Å². The van der Waals surface area contributed by atoms with Gasteiger partial charge < -0.3 is 19.4 Å². The molecule has 0 saturated heterocycles. The average molecular weight is 428 g/mol. The first kappa shape index (κ1) is 20.1. The van der Waals surface area contributed by atoms with Gasteiger partial charge in [-0.2, -0.15) is 0 Å². The molecule has 0 spiro atoms. The lowest BCUT2D eigenvalue weighted by Crippen LogP contribution is -2.19. The number of benzene rings is 3. The Morgan fingerprint density at radius 2 is 1.75 bits per heavy atom. The summed E-state index contributed by atoms with van der Waals surface area (Å²) in [6.07, 6.45) is 0. The third-order valence-electron chi connectivity index (χ3n) is 5.62. The van der Waals surface area contributed by atoms with E-state index in [0.29, 0.717) is 17.2 Å². The maximum Gasteiger partial charge on any atom is 0.244 e. The zero-order chi connectivity index (χ0) is 22.3. The topological polar surface area (TPSA) is 65.4 Å². The molecule has 0 unspecified atom stereocenters. The second kappa shape index (κ2) is 7.71. The maximum absolute atomic E-state index is 13.0. The molecule has 1 aliphatic heterocycles. The molecule has 1 N–H and O–H groups in total. The number of anilines is 1. The highest BCUT2D eigenvalue weighted by Gasteiger charge is 2.18. The maximum atomic E-state index is 13.0. The Labute approximate surface area is 186 Å². The van der Waals surface area contributed by atoms with Crippen molar-refractivity contribution in [2.75, 3.05) is 12.1 Å². The molecule has 0 atom stereocenters. The lowest BCUT2D eigenvalue weighted by Gasteiger charge is -2.19. The molecular weight excluding hydrogens is 402 g/mol. The zero-order valence-electron chi connectivity index (χ0n) is 18.4. The molecule has 0 radical (unpaired) electrons. The van der Waals surface area contributed by atoms with Crippen molar-refractivity contribution in [1.29, 1.82) is 0 Å². The van der Waals surface area contributed by atoms with E-state index >= 15 is 0 Å². The molecule has 1 amide bonds. The highest BCUT2D eigenvalue weighted by Crippen LogP contribution is 2.34. The fourth-order valence-corrected chi connectivity index (χ4v) is 3.89. The number of amides is 1. The molecule has 1 aromatic heterocycles. The van der Waals surface area contributed by atoms with Crippen LogP contribution in [0.2, 0.25) is 0 Å². The molecule has 1 aliphatic rings. The molecule has 0 bridgehead atoms. The summed E-state index contributed by atoms with van der Waals surface area (Å²) in [5.74, 6) is 1.95. The highest BCUT2D eigenvalue weighted by atomic mass is 16.7. The molecule has 3 aromatic carbocycles. The van der Waals surface area contributed by atoms with Gasteiger partial charge in [-0.05, 0) is 35.2 Å². The predicted molar refractivity (Wildman–Crippen MR) is 125 cm³/mol. The molecule has 0 saturated carbocycles. The summed E-state index contributed by atoms with van der Waals surface area (Å²) in [6, 6.07) is 21.7. The third-order valence-corrected chi connectivity index (χ3v) is 5.62. The number of hydrogen-bond donors (Lipinski definition) is 1. The van der Waals surface area contributed by atoms with E-state index in [0.717, 1.165) is 22.4 Å². The van der Waals surface area contributed by atoms with E-state index in [1.807, 2.05) is 34.9 Å². The van der Waals surface area contributed by atoms with Crippen LogP contribution in [0.3, 0.4) is 0 Å². The number of fused-ring (bicyclic) bond motifs is 2. The Morgan fingerprint density at radius 3 is 2.53 bits per heavy atom. The van der Waals surface area contributed by atoms with Gasteiger partial charge in [0.15, 0.2) is 11.5 Å². The normalized spacial score (nSPS) is 12.8. The summed E-state index contributed by atoms with van der Waals surface area (Å²) in [6.45, 7) is 6.92. The lowest BCUT2D eigenvalue weighted by molar-refractivity contribution is -0.116. The number of aromatic nitrogens is 2. The molecule has 5 rings (SSSR count). The van der Waals surface area contributed by atoms with Crippen LogP contribution in [0.25, 0.3) is 22.4 Å². The third kappa shape index (κ3) is 3.80. The van der Waals surface area contributed by atoms with Crippen molar-refractivity contribution in [3.8, 4) is 22.9 Å². The largest absolute Gasteiger partial charge is 0.454 e. The number of rotatable bonds is 4. The van der Waals surface area contributed by atoms with Crippen molar-refractivity contribution in [1.82, 2.24) is 9.55 Å².